The predicted molar refractivity (Wildman–Crippen MR) is 91.2 cm³/mol. The zero-order valence-corrected chi connectivity index (χ0v) is 15.6. The Bertz CT molecular complexity index is 441. The molecular weight excluding hydrogens is 382 g/mol. The Morgan fingerprint density at radius 2 is 1.85 bits per heavy atom. The van der Waals surface area contributed by atoms with Gasteiger partial charge >= 0.3 is 0 Å². The average Bonchev–Trinajstić information content (AvgIpc) is 2.40. The van der Waals surface area contributed by atoms with E-state index in [9.17, 15) is 0 Å². The topological polar surface area (TPSA) is 21.3 Å². The number of hydrogen-bond acceptors (Lipinski definition) is 2. The molecule has 0 amide bonds. The van der Waals surface area contributed by atoms with Gasteiger partial charge in [-0.1, -0.05) is 26.7 Å². The molecular formula is C16H23Br2NO. The van der Waals surface area contributed by atoms with Gasteiger partial charge < -0.3 is 10.1 Å². The highest BCUT2D eigenvalue weighted by molar-refractivity contribution is 9.11. The fourth-order valence-corrected chi connectivity index (χ4v) is 4.63. The van der Waals surface area contributed by atoms with Crippen molar-refractivity contribution in [2.24, 2.45) is 11.8 Å². The molecule has 0 radical (unpaired) electrons. The van der Waals surface area contributed by atoms with Gasteiger partial charge in [0.2, 0.25) is 0 Å². The number of halogens is 2. The van der Waals surface area contributed by atoms with Crippen LogP contribution in [0.2, 0.25) is 0 Å². The number of benzene rings is 1. The van der Waals surface area contributed by atoms with Crippen LogP contribution in [0.4, 0.5) is 0 Å². The van der Waals surface area contributed by atoms with Gasteiger partial charge in [-0.2, -0.15) is 0 Å². The Morgan fingerprint density at radius 1 is 1.20 bits per heavy atom. The highest BCUT2D eigenvalue weighted by Crippen LogP contribution is 2.35. The van der Waals surface area contributed by atoms with Gasteiger partial charge in [-0.05, 0) is 67.8 Å². The monoisotopic (exact) mass is 403 g/mol. The molecule has 0 aromatic heterocycles. The molecule has 0 aliphatic heterocycles. The summed E-state index contributed by atoms with van der Waals surface area (Å²) in [4.78, 5) is 0. The molecule has 2 rings (SSSR count). The second kappa shape index (κ2) is 7.28. The third-order valence-corrected chi connectivity index (χ3v) is 5.72. The van der Waals surface area contributed by atoms with E-state index in [1.165, 1.54) is 24.8 Å². The normalized spacial score (nSPS) is 26.6. The molecule has 3 unspecified atom stereocenters. The first kappa shape index (κ1) is 16.3. The van der Waals surface area contributed by atoms with Crippen molar-refractivity contribution in [3.63, 3.8) is 0 Å². The minimum atomic E-state index is 0.637. The number of nitrogens with one attached hydrogen (secondary N) is 1. The number of hydrogen-bond donors (Lipinski definition) is 1. The summed E-state index contributed by atoms with van der Waals surface area (Å²) in [6.07, 6.45) is 4.02. The first-order chi connectivity index (χ1) is 9.52. The minimum absolute atomic E-state index is 0.637. The quantitative estimate of drug-likeness (QED) is 0.750. The van der Waals surface area contributed by atoms with Gasteiger partial charge in [0.25, 0.3) is 0 Å². The van der Waals surface area contributed by atoms with Crippen LogP contribution < -0.4 is 10.1 Å². The molecule has 1 aromatic carbocycles. The minimum Gasteiger partial charge on any atom is -0.494 e. The Hall–Kier alpha value is -0.0600. The molecule has 1 aliphatic rings. The Morgan fingerprint density at radius 3 is 2.45 bits per heavy atom. The van der Waals surface area contributed by atoms with Crippen LogP contribution in [-0.4, -0.2) is 13.2 Å². The van der Waals surface area contributed by atoms with Gasteiger partial charge in [0.05, 0.1) is 16.1 Å². The van der Waals surface area contributed by atoms with Crippen LogP contribution in [0.1, 0.15) is 38.7 Å². The number of ether oxygens (including phenoxy) is 1. The van der Waals surface area contributed by atoms with Crippen LogP contribution >= 0.6 is 31.9 Å². The van der Waals surface area contributed by atoms with Crippen molar-refractivity contribution >= 4 is 31.9 Å². The van der Waals surface area contributed by atoms with E-state index in [1.807, 2.05) is 0 Å². The van der Waals surface area contributed by atoms with Crippen molar-refractivity contribution in [3.8, 4) is 5.75 Å². The molecule has 0 heterocycles. The SMILES string of the molecule is COc1c(Br)cc(CNC2CCCC(C)C2C)cc1Br. The summed E-state index contributed by atoms with van der Waals surface area (Å²) in [5, 5.41) is 3.73. The molecule has 4 heteroatoms. The van der Waals surface area contributed by atoms with E-state index < -0.39 is 0 Å². The van der Waals surface area contributed by atoms with Crippen molar-refractivity contribution in [2.45, 2.75) is 45.7 Å². The molecule has 112 valence electrons. The summed E-state index contributed by atoms with van der Waals surface area (Å²) in [6.45, 7) is 5.66. The molecule has 1 aliphatic carbocycles. The Labute approximate surface area is 138 Å². The lowest BCUT2D eigenvalue weighted by molar-refractivity contribution is 0.206. The summed E-state index contributed by atoms with van der Waals surface area (Å²) in [5.41, 5.74) is 1.27. The second-order valence-corrected chi connectivity index (χ2v) is 7.56. The van der Waals surface area contributed by atoms with Crippen LogP contribution in [0.15, 0.2) is 21.1 Å². The highest BCUT2D eigenvalue weighted by atomic mass is 79.9. The third-order valence-electron chi connectivity index (χ3n) is 4.54. The zero-order valence-electron chi connectivity index (χ0n) is 12.4. The van der Waals surface area contributed by atoms with E-state index in [4.69, 9.17) is 4.74 Å². The predicted octanol–water partition coefficient (Wildman–Crippen LogP) is 5.13. The molecule has 0 saturated heterocycles. The van der Waals surface area contributed by atoms with Crippen LogP contribution in [0, 0.1) is 11.8 Å². The summed E-state index contributed by atoms with van der Waals surface area (Å²) in [7, 11) is 1.69. The van der Waals surface area contributed by atoms with E-state index >= 15 is 0 Å². The lowest BCUT2D eigenvalue weighted by atomic mass is 9.78. The largest absolute Gasteiger partial charge is 0.494 e. The Kier molecular flexibility index (Phi) is 5.94. The van der Waals surface area contributed by atoms with E-state index in [2.05, 4.69) is 63.2 Å². The summed E-state index contributed by atoms with van der Waals surface area (Å²) < 4.78 is 7.34. The van der Waals surface area contributed by atoms with Crippen LogP contribution in [0.3, 0.4) is 0 Å². The summed E-state index contributed by atoms with van der Waals surface area (Å²) in [6, 6.07) is 4.90. The maximum Gasteiger partial charge on any atom is 0.147 e. The first-order valence-corrected chi connectivity index (χ1v) is 8.86. The summed E-state index contributed by atoms with van der Waals surface area (Å²) >= 11 is 7.13. The van der Waals surface area contributed by atoms with E-state index in [-0.39, 0.29) is 0 Å². The molecule has 1 fully saturated rings. The number of methoxy groups -OCH3 is 1. The molecule has 3 atom stereocenters. The molecule has 0 spiro atoms. The highest BCUT2D eigenvalue weighted by Gasteiger charge is 2.26. The maximum atomic E-state index is 5.34. The molecule has 20 heavy (non-hydrogen) atoms. The van der Waals surface area contributed by atoms with Crippen LogP contribution in [0.25, 0.3) is 0 Å². The molecule has 1 aromatic rings. The van der Waals surface area contributed by atoms with Gasteiger partial charge in [0.15, 0.2) is 0 Å². The second-order valence-electron chi connectivity index (χ2n) is 5.85. The molecule has 1 saturated carbocycles. The van der Waals surface area contributed by atoms with Crippen LogP contribution in [0.5, 0.6) is 5.75 Å². The van der Waals surface area contributed by atoms with E-state index in [1.54, 1.807) is 7.11 Å². The van der Waals surface area contributed by atoms with E-state index in [0.29, 0.717) is 6.04 Å². The third kappa shape index (κ3) is 3.77. The smallest absolute Gasteiger partial charge is 0.147 e. The van der Waals surface area contributed by atoms with Gasteiger partial charge in [-0.3, -0.25) is 0 Å². The lowest BCUT2D eigenvalue weighted by Gasteiger charge is -2.34. The van der Waals surface area contributed by atoms with Crippen molar-refractivity contribution in [3.05, 3.63) is 26.6 Å². The summed E-state index contributed by atoms with van der Waals surface area (Å²) in [5.74, 6) is 2.44. The Balaban J connectivity index is 2.00. The number of rotatable bonds is 4. The molecule has 0 bridgehead atoms. The van der Waals surface area contributed by atoms with Gasteiger partial charge in [-0.15, -0.1) is 0 Å². The maximum absolute atomic E-state index is 5.34. The standard InChI is InChI=1S/C16H23Br2NO/c1-10-5-4-6-15(11(10)2)19-9-12-7-13(17)16(20-3)14(18)8-12/h7-8,10-11,15,19H,4-6,9H2,1-3H3. The van der Waals surface area contributed by atoms with Crippen molar-refractivity contribution in [1.29, 1.82) is 0 Å². The fraction of sp³-hybridized carbons (Fsp3) is 0.625. The lowest BCUT2D eigenvalue weighted by Crippen LogP contribution is -2.40. The van der Waals surface area contributed by atoms with Crippen molar-refractivity contribution < 1.29 is 4.74 Å². The molecule has 1 N–H and O–H groups in total. The van der Waals surface area contributed by atoms with Gasteiger partial charge in [-0.25, -0.2) is 0 Å². The van der Waals surface area contributed by atoms with Crippen molar-refractivity contribution in [1.82, 2.24) is 5.32 Å². The zero-order chi connectivity index (χ0) is 14.7. The average molecular weight is 405 g/mol. The van der Waals surface area contributed by atoms with E-state index in [0.717, 1.165) is 33.1 Å². The first-order valence-electron chi connectivity index (χ1n) is 7.28. The molecule has 2 nitrogen and oxygen atoms in total. The van der Waals surface area contributed by atoms with Crippen LogP contribution in [-0.2, 0) is 6.54 Å². The van der Waals surface area contributed by atoms with Gasteiger partial charge in [0.1, 0.15) is 5.75 Å². The van der Waals surface area contributed by atoms with Gasteiger partial charge in [0, 0.05) is 12.6 Å². The fourth-order valence-electron chi connectivity index (χ4n) is 3.03. The van der Waals surface area contributed by atoms with Crippen molar-refractivity contribution in [2.75, 3.05) is 7.11 Å².